The molecule has 1 unspecified atom stereocenters. The fourth-order valence-corrected chi connectivity index (χ4v) is 6.60. The van der Waals surface area contributed by atoms with Gasteiger partial charge in [0.05, 0.1) is 6.10 Å². The maximum Gasteiger partial charge on any atom is 0.135 e. The summed E-state index contributed by atoms with van der Waals surface area (Å²) in [6.45, 7) is 4.66. The van der Waals surface area contributed by atoms with Gasteiger partial charge in [-0.15, -0.1) is 0 Å². The van der Waals surface area contributed by atoms with Gasteiger partial charge in [-0.1, -0.05) is 12.1 Å². The van der Waals surface area contributed by atoms with Crippen LogP contribution < -0.4 is 4.74 Å². The highest BCUT2D eigenvalue weighted by atomic mass is 16.5. The Balaban J connectivity index is 1.52. The van der Waals surface area contributed by atoms with E-state index >= 15 is 0 Å². The Morgan fingerprint density at radius 3 is 2.96 bits per heavy atom. The van der Waals surface area contributed by atoms with Crippen LogP contribution in [0.2, 0.25) is 0 Å². The maximum absolute atomic E-state index is 10.8. The van der Waals surface area contributed by atoms with E-state index in [0.29, 0.717) is 12.0 Å². The Hall–Kier alpha value is -1.06. The maximum atomic E-state index is 10.8. The monoisotopic (exact) mass is 325 g/mol. The lowest BCUT2D eigenvalue weighted by Gasteiger charge is -2.59. The first-order valence-corrected chi connectivity index (χ1v) is 9.90. The van der Waals surface area contributed by atoms with Crippen molar-refractivity contribution in [1.82, 2.24) is 4.90 Å². The minimum Gasteiger partial charge on any atom is -0.486 e. The molecule has 1 saturated heterocycles. The van der Waals surface area contributed by atoms with Gasteiger partial charge in [0.2, 0.25) is 0 Å². The van der Waals surface area contributed by atoms with Gasteiger partial charge in [-0.05, 0) is 75.0 Å². The van der Waals surface area contributed by atoms with Gasteiger partial charge >= 0.3 is 0 Å². The molecule has 5 aliphatic rings. The largest absolute Gasteiger partial charge is 0.486 e. The van der Waals surface area contributed by atoms with Crippen LogP contribution in [0.25, 0.3) is 0 Å². The summed E-state index contributed by atoms with van der Waals surface area (Å²) >= 11 is 0. The Kier molecular flexibility index (Phi) is 2.69. The topological polar surface area (TPSA) is 32.7 Å². The van der Waals surface area contributed by atoms with Crippen molar-refractivity contribution in [2.24, 2.45) is 11.8 Å². The zero-order chi connectivity index (χ0) is 16.1. The molecule has 3 aliphatic carbocycles. The van der Waals surface area contributed by atoms with E-state index in [0.717, 1.165) is 18.1 Å². The predicted octanol–water partition coefficient (Wildman–Crippen LogP) is 2.81. The van der Waals surface area contributed by atoms with Crippen LogP contribution in [-0.2, 0) is 11.8 Å². The lowest BCUT2D eigenvalue weighted by atomic mass is 9.51. The zero-order valence-electron chi connectivity index (χ0n) is 14.5. The van der Waals surface area contributed by atoms with Gasteiger partial charge in [0.15, 0.2) is 0 Å². The lowest BCUT2D eigenvalue weighted by molar-refractivity contribution is -0.104. The van der Waals surface area contributed by atoms with Gasteiger partial charge in [0.25, 0.3) is 0 Å². The number of hydrogen-bond donors (Lipinski definition) is 1. The standard InChI is InChI=1S/C21H27NO2/c1-12-2-5-14-10-16-15-6-7-17(23)20-21(15,18(14)19(12)24-20)8-9-22(16)11-13-3-4-13/h2,5,13,15-17,20,23H,3-4,6-11H2,1H3/t15-,16+,17?,20-,21-/m1/s1. The molecule has 0 amide bonds. The highest BCUT2D eigenvalue weighted by Gasteiger charge is 2.65. The van der Waals surface area contributed by atoms with Crippen LogP contribution in [0.3, 0.4) is 0 Å². The van der Waals surface area contributed by atoms with Crippen molar-refractivity contribution in [3.8, 4) is 5.75 Å². The third-order valence-corrected chi connectivity index (χ3v) is 7.81. The number of likely N-dealkylation sites (tertiary alicyclic amines) is 1. The summed E-state index contributed by atoms with van der Waals surface area (Å²) in [5, 5.41) is 10.8. The number of rotatable bonds is 2. The van der Waals surface area contributed by atoms with Gasteiger partial charge < -0.3 is 9.84 Å². The third-order valence-electron chi connectivity index (χ3n) is 7.81. The number of hydrogen-bond acceptors (Lipinski definition) is 3. The Morgan fingerprint density at radius 2 is 2.12 bits per heavy atom. The van der Waals surface area contributed by atoms with Crippen molar-refractivity contribution in [1.29, 1.82) is 0 Å². The van der Waals surface area contributed by atoms with Crippen molar-refractivity contribution in [3.05, 3.63) is 28.8 Å². The van der Waals surface area contributed by atoms with Crippen LogP contribution in [-0.4, -0.2) is 41.3 Å². The SMILES string of the molecule is Cc1ccc2c3c1O[C@@H]1C(O)CC[C@@H]4[C@H](C2)N(CC2CC2)CC[C@@]314. The van der Waals surface area contributed by atoms with Crippen LogP contribution >= 0.6 is 0 Å². The molecule has 0 aromatic heterocycles. The van der Waals surface area contributed by atoms with Crippen molar-refractivity contribution in [3.63, 3.8) is 0 Å². The van der Waals surface area contributed by atoms with Gasteiger partial charge in [0, 0.05) is 23.6 Å². The number of piperidine rings is 1. The second-order valence-electron chi connectivity index (χ2n) is 9.04. The second-order valence-corrected chi connectivity index (χ2v) is 9.04. The third kappa shape index (κ3) is 1.61. The van der Waals surface area contributed by atoms with E-state index in [9.17, 15) is 5.11 Å². The number of aryl methyl sites for hydroxylation is 1. The highest BCUT2D eigenvalue weighted by molar-refractivity contribution is 5.58. The number of aliphatic hydroxyl groups is 1. The lowest BCUT2D eigenvalue weighted by Crippen LogP contribution is -2.67. The van der Waals surface area contributed by atoms with Gasteiger partial charge in [0.1, 0.15) is 11.9 Å². The van der Waals surface area contributed by atoms with E-state index in [2.05, 4.69) is 24.0 Å². The van der Waals surface area contributed by atoms with E-state index in [-0.39, 0.29) is 17.6 Å². The molecular weight excluding hydrogens is 298 g/mol. The Labute approximate surface area is 144 Å². The van der Waals surface area contributed by atoms with E-state index in [4.69, 9.17) is 4.74 Å². The molecule has 2 heterocycles. The van der Waals surface area contributed by atoms with Gasteiger partial charge in [-0.3, -0.25) is 4.90 Å². The van der Waals surface area contributed by atoms with Gasteiger partial charge in [-0.2, -0.15) is 0 Å². The van der Waals surface area contributed by atoms with Crippen LogP contribution in [0, 0.1) is 18.8 Å². The van der Waals surface area contributed by atoms with E-state index < -0.39 is 0 Å². The fourth-order valence-electron chi connectivity index (χ4n) is 6.60. The number of ether oxygens (including phenoxy) is 1. The quantitative estimate of drug-likeness (QED) is 0.907. The van der Waals surface area contributed by atoms with Crippen molar-refractivity contribution < 1.29 is 9.84 Å². The molecule has 2 bridgehead atoms. The second kappa shape index (κ2) is 4.56. The fraction of sp³-hybridized carbons (Fsp3) is 0.714. The van der Waals surface area contributed by atoms with Crippen molar-refractivity contribution in [2.75, 3.05) is 13.1 Å². The molecule has 1 spiro atoms. The first-order valence-electron chi connectivity index (χ1n) is 9.90. The molecule has 0 radical (unpaired) electrons. The molecular formula is C21H27NO2. The average molecular weight is 325 g/mol. The van der Waals surface area contributed by atoms with Gasteiger partial charge in [-0.25, -0.2) is 0 Å². The van der Waals surface area contributed by atoms with Crippen LogP contribution in [0.4, 0.5) is 0 Å². The first kappa shape index (κ1) is 14.1. The molecule has 2 saturated carbocycles. The van der Waals surface area contributed by atoms with Crippen LogP contribution in [0.1, 0.15) is 48.8 Å². The number of nitrogens with zero attached hydrogens (tertiary/aromatic N) is 1. The smallest absolute Gasteiger partial charge is 0.135 e. The first-order chi connectivity index (χ1) is 11.7. The summed E-state index contributed by atoms with van der Waals surface area (Å²) in [5.41, 5.74) is 4.35. The molecule has 1 aromatic carbocycles. The van der Waals surface area contributed by atoms with Crippen LogP contribution in [0.5, 0.6) is 5.75 Å². The summed E-state index contributed by atoms with van der Waals surface area (Å²) in [6, 6.07) is 5.25. The zero-order valence-corrected chi connectivity index (χ0v) is 14.5. The van der Waals surface area contributed by atoms with Crippen molar-refractivity contribution >= 4 is 0 Å². The molecule has 3 nitrogen and oxygen atoms in total. The molecule has 128 valence electrons. The molecule has 3 heteroatoms. The Bertz CT molecular complexity index is 712. The number of aliphatic hydroxyl groups excluding tert-OH is 1. The highest BCUT2D eigenvalue weighted by Crippen LogP contribution is 2.62. The molecule has 24 heavy (non-hydrogen) atoms. The normalized spacial score (nSPS) is 42.6. The molecule has 2 aliphatic heterocycles. The van der Waals surface area contributed by atoms with E-state index in [1.165, 1.54) is 61.9 Å². The Morgan fingerprint density at radius 1 is 1.25 bits per heavy atom. The minimum atomic E-state index is -0.297. The molecule has 3 fully saturated rings. The predicted molar refractivity (Wildman–Crippen MR) is 92.4 cm³/mol. The van der Waals surface area contributed by atoms with E-state index in [1.54, 1.807) is 0 Å². The average Bonchev–Trinajstić information content (AvgIpc) is 3.32. The van der Waals surface area contributed by atoms with E-state index in [1.807, 2.05) is 0 Å². The summed E-state index contributed by atoms with van der Waals surface area (Å²) in [4.78, 5) is 2.81. The summed E-state index contributed by atoms with van der Waals surface area (Å²) in [5.74, 6) is 2.75. The van der Waals surface area contributed by atoms with Crippen molar-refractivity contribution in [2.45, 2.75) is 69.1 Å². The summed E-state index contributed by atoms with van der Waals surface area (Å²) < 4.78 is 6.48. The molecule has 1 N–H and O–H groups in total. The molecule has 6 rings (SSSR count). The summed E-state index contributed by atoms with van der Waals surface area (Å²) in [7, 11) is 0. The number of benzene rings is 1. The van der Waals surface area contributed by atoms with Crippen LogP contribution in [0.15, 0.2) is 12.1 Å². The molecule has 1 aromatic rings. The summed E-state index contributed by atoms with van der Waals surface area (Å²) in [6.07, 6.45) is 7.01. The minimum absolute atomic E-state index is 0.00280. The molecule has 5 atom stereocenters.